The molecule has 8 nitrogen and oxygen atoms in total. The van der Waals surface area contributed by atoms with Crippen LogP contribution in [0.4, 0.5) is 0 Å². The van der Waals surface area contributed by atoms with Gasteiger partial charge in [0, 0.05) is 25.2 Å². The lowest BCUT2D eigenvalue weighted by Crippen LogP contribution is -2.26. The first-order chi connectivity index (χ1) is 9.16. The summed E-state index contributed by atoms with van der Waals surface area (Å²) >= 11 is 0. The van der Waals surface area contributed by atoms with Crippen molar-refractivity contribution in [1.82, 2.24) is 35.5 Å². The molecule has 0 saturated carbocycles. The number of hydrogen-bond donors (Lipinski definition) is 2. The molecule has 102 valence electrons. The number of carbonyl (C=O) groups excluding carboxylic acids is 1. The van der Waals surface area contributed by atoms with Gasteiger partial charge in [-0.1, -0.05) is 19.1 Å². The van der Waals surface area contributed by atoms with Gasteiger partial charge in [0.15, 0.2) is 0 Å². The molecule has 2 aromatic rings. The zero-order valence-corrected chi connectivity index (χ0v) is 11.0. The molecule has 1 amide bonds. The third-order valence-electron chi connectivity index (χ3n) is 2.57. The first-order valence-corrected chi connectivity index (χ1v) is 6.21. The fourth-order valence-electron chi connectivity index (χ4n) is 1.51. The second-order valence-electron chi connectivity index (χ2n) is 4.47. The summed E-state index contributed by atoms with van der Waals surface area (Å²) in [7, 11) is 0. The summed E-state index contributed by atoms with van der Waals surface area (Å²) in [6, 6.07) is 0. The average molecular weight is 263 g/mol. The van der Waals surface area contributed by atoms with Gasteiger partial charge in [0.1, 0.15) is 5.82 Å². The number of H-pyrrole nitrogens is 1. The van der Waals surface area contributed by atoms with Crippen molar-refractivity contribution in [3.8, 4) is 0 Å². The Labute approximate surface area is 110 Å². The van der Waals surface area contributed by atoms with E-state index in [4.69, 9.17) is 0 Å². The molecule has 2 heterocycles. The van der Waals surface area contributed by atoms with Gasteiger partial charge in [-0.05, 0) is 6.42 Å². The van der Waals surface area contributed by atoms with E-state index in [0.717, 1.165) is 6.42 Å². The Hall–Kier alpha value is -2.25. The molecule has 2 aromatic heterocycles. The maximum Gasteiger partial charge on any atom is 0.290 e. The van der Waals surface area contributed by atoms with E-state index in [1.807, 2.05) is 13.8 Å². The first kappa shape index (κ1) is 13.2. The molecular formula is C11H17N7O. The zero-order chi connectivity index (χ0) is 13.7. The maximum atomic E-state index is 11.8. The number of aromatic nitrogens is 6. The van der Waals surface area contributed by atoms with Crippen LogP contribution in [0.2, 0.25) is 0 Å². The molecule has 0 fully saturated rings. The molecule has 0 spiro atoms. The van der Waals surface area contributed by atoms with E-state index in [0.29, 0.717) is 18.9 Å². The number of nitrogens with one attached hydrogen (secondary N) is 2. The van der Waals surface area contributed by atoms with E-state index in [1.54, 1.807) is 17.1 Å². The number of rotatable bonds is 6. The molecule has 0 aliphatic heterocycles. The number of hydrogen-bond acceptors (Lipinski definition) is 5. The first-order valence-electron chi connectivity index (χ1n) is 6.21. The Morgan fingerprint density at radius 2 is 2.37 bits per heavy atom. The highest BCUT2D eigenvalue weighted by atomic mass is 16.2. The SMILES string of the molecule is CC(C)c1nc(C(=O)NCCCn2ccnn2)n[nH]1. The van der Waals surface area contributed by atoms with Crippen LogP contribution in [0.5, 0.6) is 0 Å². The van der Waals surface area contributed by atoms with Crippen molar-refractivity contribution < 1.29 is 4.79 Å². The quantitative estimate of drug-likeness (QED) is 0.732. The molecule has 0 aromatic carbocycles. The number of amides is 1. The second-order valence-corrected chi connectivity index (χ2v) is 4.47. The topological polar surface area (TPSA) is 101 Å². The number of carbonyl (C=O) groups is 1. The summed E-state index contributed by atoms with van der Waals surface area (Å²) < 4.78 is 1.72. The van der Waals surface area contributed by atoms with Gasteiger partial charge in [-0.2, -0.15) is 0 Å². The van der Waals surface area contributed by atoms with E-state index >= 15 is 0 Å². The smallest absolute Gasteiger partial charge is 0.290 e. The molecule has 2 N–H and O–H groups in total. The van der Waals surface area contributed by atoms with Crippen LogP contribution in [0.1, 0.15) is 42.6 Å². The minimum atomic E-state index is -0.262. The minimum absolute atomic E-state index is 0.185. The van der Waals surface area contributed by atoms with Crippen molar-refractivity contribution in [3.05, 3.63) is 24.0 Å². The van der Waals surface area contributed by atoms with Crippen LogP contribution in [-0.2, 0) is 6.54 Å². The number of aromatic amines is 1. The number of nitrogens with zero attached hydrogens (tertiary/aromatic N) is 5. The van der Waals surface area contributed by atoms with Crippen molar-refractivity contribution in [1.29, 1.82) is 0 Å². The minimum Gasteiger partial charge on any atom is -0.349 e. The lowest BCUT2D eigenvalue weighted by molar-refractivity contribution is 0.0942. The van der Waals surface area contributed by atoms with Crippen LogP contribution in [0.3, 0.4) is 0 Å². The van der Waals surface area contributed by atoms with Gasteiger partial charge in [0.05, 0.1) is 6.20 Å². The lowest BCUT2D eigenvalue weighted by atomic mass is 10.2. The fraction of sp³-hybridized carbons (Fsp3) is 0.545. The standard InChI is InChI=1S/C11H17N7O/c1-8(2)9-14-10(16-15-9)11(19)12-4-3-6-18-7-5-13-17-18/h5,7-8H,3-4,6H2,1-2H3,(H,12,19)(H,14,15,16). The van der Waals surface area contributed by atoms with Crippen molar-refractivity contribution in [2.45, 2.75) is 32.7 Å². The largest absolute Gasteiger partial charge is 0.349 e. The van der Waals surface area contributed by atoms with Crippen molar-refractivity contribution in [2.24, 2.45) is 0 Å². The fourth-order valence-corrected chi connectivity index (χ4v) is 1.51. The molecule has 0 aliphatic rings. The third-order valence-corrected chi connectivity index (χ3v) is 2.57. The zero-order valence-electron chi connectivity index (χ0n) is 11.0. The molecular weight excluding hydrogens is 246 g/mol. The molecule has 0 radical (unpaired) electrons. The van der Waals surface area contributed by atoms with Crippen molar-refractivity contribution >= 4 is 5.91 Å². The van der Waals surface area contributed by atoms with Gasteiger partial charge in [0.25, 0.3) is 5.91 Å². The highest BCUT2D eigenvalue weighted by molar-refractivity contribution is 5.90. The molecule has 0 unspecified atom stereocenters. The highest BCUT2D eigenvalue weighted by Crippen LogP contribution is 2.07. The van der Waals surface area contributed by atoms with Gasteiger partial charge in [-0.25, -0.2) is 4.98 Å². The van der Waals surface area contributed by atoms with E-state index in [1.165, 1.54) is 0 Å². The van der Waals surface area contributed by atoms with E-state index in [9.17, 15) is 4.79 Å². The van der Waals surface area contributed by atoms with E-state index in [-0.39, 0.29) is 17.6 Å². The Morgan fingerprint density at radius 1 is 1.53 bits per heavy atom. The molecule has 0 saturated heterocycles. The van der Waals surface area contributed by atoms with Gasteiger partial charge in [-0.15, -0.1) is 10.2 Å². The van der Waals surface area contributed by atoms with Gasteiger partial charge >= 0.3 is 0 Å². The Kier molecular flexibility index (Phi) is 4.22. The highest BCUT2D eigenvalue weighted by Gasteiger charge is 2.13. The number of aryl methyl sites for hydroxylation is 1. The van der Waals surface area contributed by atoms with Gasteiger partial charge in [0.2, 0.25) is 5.82 Å². The summed E-state index contributed by atoms with van der Waals surface area (Å²) in [5, 5.41) is 17.0. The Balaban J connectivity index is 1.74. The second kappa shape index (κ2) is 6.07. The normalized spacial score (nSPS) is 10.9. The maximum absolute atomic E-state index is 11.8. The molecule has 0 atom stereocenters. The van der Waals surface area contributed by atoms with Crippen LogP contribution < -0.4 is 5.32 Å². The lowest BCUT2D eigenvalue weighted by Gasteiger charge is -2.02. The predicted molar refractivity (Wildman–Crippen MR) is 67.4 cm³/mol. The molecule has 0 bridgehead atoms. The van der Waals surface area contributed by atoms with Crippen LogP contribution in [0.15, 0.2) is 12.4 Å². The summed E-state index contributed by atoms with van der Waals surface area (Å²) in [5.74, 6) is 0.861. The molecule has 19 heavy (non-hydrogen) atoms. The van der Waals surface area contributed by atoms with E-state index in [2.05, 4.69) is 30.8 Å². The van der Waals surface area contributed by atoms with Crippen LogP contribution in [0, 0.1) is 0 Å². The summed E-state index contributed by atoms with van der Waals surface area (Å²) in [5.41, 5.74) is 0. The van der Waals surface area contributed by atoms with E-state index < -0.39 is 0 Å². The summed E-state index contributed by atoms with van der Waals surface area (Å²) in [4.78, 5) is 15.9. The summed E-state index contributed by atoms with van der Waals surface area (Å²) in [6.07, 6.45) is 4.18. The monoisotopic (exact) mass is 263 g/mol. The van der Waals surface area contributed by atoms with Crippen molar-refractivity contribution in [2.75, 3.05) is 6.54 Å². The van der Waals surface area contributed by atoms with Crippen LogP contribution in [-0.4, -0.2) is 42.6 Å². The van der Waals surface area contributed by atoms with Gasteiger partial charge < -0.3 is 5.32 Å². The van der Waals surface area contributed by atoms with Crippen LogP contribution in [0.25, 0.3) is 0 Å². The third kappa shape index (κ3) is 3.60. The van der Waals surface area contributed by atoms with Gasteiger partial charge in [-0.3, -0.25) is 14.6 Å². The predicted octanol–water partition coefficient (Wildman–Crippen LogP) is 0.340. The Morgan fingerprint density at radius 3 is 3.00 bits per heavy atom. The average Bonchev–Trinajstić information content (AvgIpc) is 3.05. The Bertz CT molecular complexity index is 517. The summed E-state index contributed by atoms with van der Waals surface area (Å²) in [6.45, 7) is 5.23. The van der Waals surface area contributed by atoms with Crippen molar-refractivity contribution in [3.63, 3.8) is 0 Å². The molecule has 0 aliphatic carbocycles. The molecule has 2 rings (SSSR count). The molecule has 8 heteroatoms. The van der Waals surface area contributed by atoms with Crippen LogP contribution >= 0.6 is 0 Å².